The van der Waals surface area contributed by atoms with Crippen LogP contribution >= 0.6 is 0 Å². The molecule has 3 nitrogen and oxygen atoms in total. The maximum Gasteiger partial charge on any atom is 0.407 e. The summed E-state index contributed by atoms with van der Waals surface area (Å²) in [5.41, 5.74) is 0. The van der Waals surface area contributed by atoms with Gasteiger partial charge in [-0.3, -0.25) is 4.39 Å². The van der Waals surface area contributed by atoms with Gasteiger partial charge in [-0.2, -0.15) is 13.2 Å². The minimum Gasteiger partial charge on any atom is -0.465 e. The summed E-state index contributed by atoms with van der Waals surface area (Å²) in [4.78, 5) is 11.0. The predicted molar refractivity (Wildman–Crippen MR) is 38.6 cm³/mol. The molecule has 0 aromatic heterocycles. The van der Waals surface area contributed by atoms with Crippen molar-refractivity contribution in [3.05, 3.63) is 0 Å². The Morgan fingerprint density at radius 2 is 2.00 bits per heavy atom. The van der Waals surface area contributed by atoms with Crippen molar-refractivity contribution >= 4 is 6.09 Å². The molecule has 1 rings (SSSR count). The molecule has 0 saturated carbocycles. The lowest BCUT2D eigenvalue weighted by molar-refractivity contribution is -0.181. The molecule has 1 heterocycles. The molecule has 2 unspecified atom stereocenters. The number of nitrogens with zero attached hydrogens (tertiary/aromatic N) is 1. The number of alkyl halides is 4. The Bertz CT molecular complexity index is 230. The first-order chi connectivity index (χ1) is 6.36. The number of hydrogen-bond acceptors (Lipinski definition) is 1. The van der Waals surface area contributed by atoms with Crippen LogP contribution in [0.5, 0.6) is 0 Å². The molecule has 14 heavy (non-hydrogen) atoms. The van der Waals surface area contributed by atoms with Crippen LogP contribution in [0.25, 0.3) is 0 Å². The van der Waals surface area contributed by atoms with Gasteiger partial charge in [0.2, 0.25) is 0 Å². The third kappa shape index (κ3) is 2.08. The number of likely N-dealkylation sites (tertiary alicyclic amines) is 1. The van der Waals surface area contributed by atoms with Gasteiger partial charge in [0.15, 0.2) is 0 Å². The number of halogens is 4. The van der Waals surface area contributed by atoms with E-state index in [1.54, 1.807) is 0 Å². The summed E-state index contributed by atoms with van der Waals surface area (Å²) in [6.07, 6.45) is -5.96. The first-order valence-electron chi connectivity index (χ1n) is 3.96. The molecule has 0 aromatic rings. The van der Waals surface area contributed by atoms with Crippen molar-refractivity contribution < 1.29 is 27.5 Å². The summed E-state index contributed by atoms with van der Waals surface area (Å²) < 4.78 is 48.9. The van der Waals surface area contributed by atoms with Crippen LogP contribution < -0.4 is 0 Å². The van der Waals surface area contributed by atoms with Crippen molar-refractivity contribution in [2.75, 3.05) is 19.8 Å². The fraction of sp³-hybridized carbons (Fsp3) is 0.857. The molecule has 1 saturated heterocycles. The molecule has 1 amide bonds. The lowest BCUT2D eigenvalue weighted by Gasteiger charge is -2.18. The van der Waals surface area contributed by atoms with Crippen LogP contribution in [-0.2, 0) is 0 Å². The number of rotatable bonds is 1. The Labute approximate surface area is 77.3 Å². The smallest absolute Gasteiger partial charge is 0.407 e. The molecule has 82 valence electrons. The highest BCUT2D eigenvalue weighted by Crippen LogP contribution is 2.37. The second-order valence-electron chi connectivity index (χ2n) is 3.25. The average molecular weight is 215 g/mol. The second-order valence-corrected chi connectivity index (χ2v) is 3.25. The summed E-state index contributed by atoms with van der Waals surface area (Å²) in [5, 5.41) is 8.45. The maximum absolute atomic E-state index is 12.2. The number of amides is 1. The van der Waals surface area contributed by atoms with Crippen molar-refractivity contribution in [3.8, 4) is 0 Å². The number of hydrogen-bond donors (Lipinski definition) is 1. The van der Waals surface area contributed by atoms with E-state index in [9.17, 15) is 22.4 Å². The highest BCUT2D eigenvalue weighted by Gasteiger charge is 2.50. The van der Waals surface area contributed by atoms with Gasteiger partial charge in [-0.05, 0) is 0 Å². The number of carbonyl (C=O) groups is 1. The van der Waals surface area contributed by atoms with Gasteiger partial charge in [-0.25, -0.2) is 4.79 Å². The molecule has 1 N–H and O–H groups in total. The summed E-state index contributed by atoms with van der Waals surface area (Å²) in [7, 11) is 0. The van der Waals surface area contributed by atoms with Gasteiger partial charge < -0.3 is 10.0 Å². The van der Waals surface area contributed by atoms with Crippen LogP contribution in [0, 0.1) is 11.8 Å². The first kappa shape index (κ1) is 11.1. The lowest BCUT2D eigenvalue weighted by Crippen LogP contribution is -2.32. The Balaban J connectivity index is 2.73. The van der Waals surface area contributed by atoms with Crippen LogP contribution in [0.4, 0.5) is 22.4 Å². The minimum absolute atomic E-state index is 0.379. The van der Waals surface area contributed by atoms with E-state index in [4.69, 9.17) is 5.11 Å². The van der Waals surface area contributed by atoms with Gasteiger partial charge in [0.25, 0.3) is 0 Å². The van der Waals surface area contributed by atoms with E-state index < -0.39 is 37.3 Å². The molecule has 0 aromatic carbocycles. The summed E-state index contributed by atoms with van der Waals surface area (Å²) in [5.74, 6) is -3.13. The van der Waals surface area contributed by atoms with Crippen molar-refractivity contribution in [2.45, 2.75) is 6.18 Å². The van der Waals surface area contributed by atoms with Crippen molar-refractivity contribution in [2.24, 2.45) is 11.8 Å². The molecular formula is C7H9F4NO2. The molecule has 2 atom stereocenters. The van der Waals surface area contributed by atoms with Gasteiger partial charge >= 0.3 is 12.3 Å². The maximum atomic E-state index is 12.2. The monoisotopic (exact) mass is 215 g/mol. The van der Waals surface area contributed by atoms with Crippen LogP contribution in [0.3, 0.4) is 0 Å². The van der Waals surface area contributed by atoms with Gasteiger partial charge in [0.05, 0.1) is 12.6 Å². The Hall–Kier alpha value is -1.01. The largest absolute Gasteiger partial charge is 0.465 e. The molecule has 0 radical (unpaired) electrons. The highest BCUT2D eigenvalue weighted by atomic mass is 19.4. The van der Waals surface area contributed by atoms with E-state index in [1.807, 2.05) is 0 Å². The van der Waals surface area contributed by atoms with Crippen LogP contribution in [0.15, 0.2) is 0 Å². The first-order valence-corrected chi connectivity index (χ1v) is 3.96. The van der Waals surface area contributed by atoms with E-state index >= 15 is 0 Å². The third-order valence-electron chi connectivity index (χ3n) is 2.33. The normalized spacial score (nSPS) is 28.1. The zero-order valence-corrected chi connectivity index (χ0v) is 7.09. The average Bonchev–Trinajstić information content (AvgIpc) is 2.46. The summed E-state index contributed by atoms with van der Waals surface area (Å²) in [6.45, 7) is -2.18. The molecule has 7 heteroatoms. The van der Waals surface area contributed by atoms with Crippen LogP contribution in [0.1, 0.15) is 0 Å². The molecule has 1 aliphatic rings. The Kier molecular flexibility index (Phi) is 2.86. The quantitative estimate of drug-likeness (QED) is 0.677. The van der Waals surface area contributed by atoms with E-state index in [0.717, 1.165) is 0 Å². The topological polar surface area (TPSA) is 40.5 Å². The fourth-order valence-corrected chi connectivity index (χ4v) is 1.55. The molecule has 1 aliphatic heterocycles. The van der Waals surface area contributed by atoms with Crippen LogP contribution in [0.2, 0.25) is 0 Å². The van der Waals surface area contributed by atoms with E-state index in [0.29, 0.717) is 4.90 Å². The predicted octanol–water partition coefficient (Wildman–Crippen LogP) is 1.74. The van der Waals surface area contributed by atoms with Crippen molar-refractivity contribution in [1.82, 2.24) is 4.90 Å². The molecule has 0 spiro atoms. The Morgan fingerprint density at radius 1 is 1.43 bits per heavy atom. The molecule has 0 bridgehead atoms. The lowest BCUT2D eigenvalue weighted by atomic mass is 9.97. The SMILES string of the molecule is O=C(O)N1CC(CF)C(C(F)(F)F)C1. The van der Waals surface area contributed by atoms with Gasteiger partial charge in [0.1, 0.15) is 0 Å². The van der Waals surface area contributed by atoms with Gasteiger partial charge in [-0.15, -0.1) is 0 Å². The molecular weight excluding hydrogens is 206 g/mol. The van der Waals surface area contributed by atoms with Gasteiger partial charge in [-0.1, -0.05) is 0 Å². The minimum atomic E-state index is -4.53. The fourth-order valence-electron chi connectivity index (χ4n) is 1.55. The standard InChI is InChI=1S/C7H9F4NO2/c8-1-4-2-12(6(13)14)3-5(4)7(9,10)11/h4-5H,1-3H2,(H,13,14). The van der Waals surface area contributed by atoms with Crippen molar-refractivity contribution in [3.63, 3.8) is 0 Å². The van der Waals surface area contributed by atoms with E-state index in [-0.39, 0.29) is 6.54 Å². The summed E-state index contributed by atoms with van der Waals surface area (Å²) in [6, 6.07) is 0. The second kappa shape index (κ2) is 3.62. The Morgan fingerprint density at radius 3 is 2.29 bits per heavy atom. The zero-order chi connectivity index (χ0) is 10.9. The van der Waals surface area contributed by atoms with Gasteiger partial charge in [0, 0.05) is 19.0 Å². The molecule has 0 aliphatic carbocycles. The zero-order valence-electron chi connectivity index (χ0n) is 7.09. The summed E-state index contributed by atoms with van der Waals surface area (Å²) >= 11 is 0. The van der Waals surface area contributed by atoms with Crippen molar-refractivity contribution in [1.29, 1.82) is 0 Å². The molecule has 1 fully saturated rings. The number of carboxylic acid groups (broad SMARTS) is 1. The van der Waals surface area contributed by atoms with E-state index in [1.165, 1.54) is 0 Å². The third-order valence-corrected chi connectivity index (χ3v) is 2.33. The van der Waals surface area contributed by atoms with Crippen LogP contribution in [-0.4, -0.2) is 42.0 Å². The van der Waals surface area contributed by atoms with E-state index in [2.05, 4.69) is 0 Å². The highest BCUT2D eigenvalue weighted by molar-refractivity contribution is 5.65.